The number of nitrogens with zero attached hydrogens (tertiary/aromatic N) is 2. The molecule has 0 unspecified atom stereocenters. The van der Waals surface area contributed by atoms with Gasteiger partial charge in [0.25, 0.3) is 6.43 Å². The number of aliphatic carboxylic acids is 1. The van der Waals surface area contributed by atoms with Crippen LogP contribution in [0.25, 0.3) is 0 Å². The summed E-state index contributed by atoms with van der Waals surface area (Å²) in [6.45, 7) is -0.785. The summed E-state index contributed by atoms with van der Waals surface area (Å²) in [7, 11) is 0. The van der Waals surface area contributed by atoms with Gasteiger partial charge in [-0.05, 0) is 12.8 Å². The molecule has 0 saturated carbocycles. The van der Waals surface area contributed by atoms with E-state index in [0.29, 0.717) is 12.8 Å². The molecule has 0 atom stereocenters. The van der Waals surface area contributed by atoms with Crippen LogP contribution in [0.15, 0.2) is 0 Å². The van der Waals surface area contributed by atoms with E-state index in [9.17, 15) is 18.4 Å². The number of piperidine rings is 1. The van der Waals surface area contributed by atoms with Gasteiger partial charge in [-0.1, -0.05) is 0 Å². The summed E-state index contributed by atoms with van der Waals surface area (Å²) in [4.78, 5) is 25.0. The van der Waals surface area contributed by atoms with Gasteiger partial charge in [0, 0.05) is 19.6 Å². The number of aliphatic hydroxyl groups excluding tert-OH is 1. The molecule has 1 fully saturated rings. The molecular weight excluding hydrogens is 262 g/mol. The number of hydrogen-bond acceptors (Lipinski definition) is 3. The summed E-state index contributed by atoms with van der Waals surface area (Å²) in [5.74, 6) is -1.38. The average molecular weight is 280 g/mol. The van der Waals surface area contributed by atoms with Gasteiger partial charge in [0.15, 0.2) is 0 Å². The van der Waals surface area contributed by atoms with E-state index in [4.69, 9.17) is 10.2 Å². The van der Waals surface area contributed by atoms with Gasteiger partial charge in [-0.15, -0.1) is 0 Å². The van der Waals surface area contributed by atoms with E-state index in [2.05, 4.69) is 0 Å². The Kier molecular flexibility index (Phi) is 5.94. The van der Waals surface area contributed by atoms with Crippen molar-refractivity contribution in [3.05, 3.63) is 0 Å². The summed E-state index contributed by atoms with van der Waals surface area (Å²) in [6.07, 6.45) is -2.02. The molecule has 110 valence electrons. The molecule has 0 aliphatic carbocycles. The minimum Gasteiger partial charge on any atom is -0.481 e. The highest BCUT2D eigenvalue weighted by Crippen LogP contribution is 2.18. The summed E-state index contributed by atoms with van der Waals surface area (Å²) in [5, 5.41) is 17.6. The Bertz CT molecular complexity index is 320. The molecule has 2 N–H and O–H groups in total. The van der Waals surface area contributed by atoms with Crippen LogP contribution in [0.1, 0.15) is 12.8 Å². The van der Waals surface area contributed by atoms with Crippen molar-refractivity contribution in [3.63, 3.8) is 0 Å². The maximum Gasteiger partial charge on any atom is 0.320 e. The van der Waals surface area contributed by atoms with E-state index in [1.807, 2.05) is 0 Å². The Morgan fingerprint density at radius 2 is 1.89 bits per heavy atom. The summed E-state index contributed by atoms with van der Waals surface area (Å²) >= 11 is 0. The van der Waals surface area contributed by atoms with Crippen LogP contribution in [0.4, 0.5) is 13.6 Å². The highest BCUT2D eigenvalue weighted by atomic mass is 19.3. The molecule has 6 nitrogen and oxygen atoms in total. The van der Waals surface area contributed by atoms with Crippen molar-refractivity contribution in [1.29, 1.82) is 0 Å². The molecule has 0 spiro atoms. The van der Waals surface area contributed by atoms with Crippen LogP contribution in [-0.2, 0) is 4.79 Å². The van der Waals surface area contributed by atoms with Gasteiger partial charge in [-0.3, -0.25) is 4.79 Å². The lowest BCUT2D eigenvalue weighted by Crippen LogP contribution is -2.49. The summed E-state index contributed by atoms with van der Waals surface area (Å²) in [6, 6.07) is -0.571. The molecule has 19 heavy (non-hydrogen) atoms. The largest absolute Gasteiger partial charge is 0.481 e. The number of carboxylic acids is 1. The van der Waals surface area contributed by atoms with Crippen molar-refractivity contribution < 1.29 is 28.6 Å². The topological polar surface area (TPSA) is 81.1 Å². The number of rotatable bonds is 5. The third kappa shape index (κ3) is 4.62. The summed E-state index contributed by atoms with van der Waals surface area (Å²) < 4.78 is 24.7. The van der Waals surface area contributed by atoms with Crippen molar-refractivity contribution in [2.45, 2.75) is 19.3 Å². The number of carbonyl (C=O) groups excluding carboxylic acids is 1. The molecular formula is C11H18F2N2O4. The first-order chi connectivity index (χ1) is 8.95. The first-order valence-corrected chi connectivity index (χ1v) is 6.11. The van der Waals surface area contributed by atoms with Crippen LogP contribution in [0.3, 0.4) is 0 Å². The molecule has 0 bridgehead atoms. The molecule has 2 amide bonds. The number of aliphatic hydroxyl groups is 1. The monoisotopic (exact) mass is 280 g/mol. The van der Waals surface area contributed by atoms with Crippen LogP contribution in [-0.4, -0.2) is 71.2 Å². The van der Waals surface area contributed by atoms with Gasteiger partial charge in [-0.25, -0.2) is 13.6 Å². The minimum absolute atomic E-state index is 0.151. The Labute approximate surface area is 109 Å². The number of halogens is 2. The zero-order valence-electron chi connectivity index (χ0n) is 10.5. The van der Waals surface area contributed by atoms with Crippen LogP contribution in [0.5, 0.6) is 0 Å². The smallest absolute Gasteiger partial charge is 0.320 e. The van der Waals surface area contributed by atoms with Crippen molar-refractivity contribution in [2.24, 2.45) is 5.92 Å². The number of carboxylic acid groups (broad SMARTS) is 1. The van der Waals surface area contributed by atoms with Crippen LogP contribution >= 0.6 is 0 Å². The fourth-order valence-corrected chi connectivity index (χ4v) is 2.07. The molecule has 8 heteroatoms. The number of hydrogen-bond donors (Lipinski definition) is 2. The van der Waals surface area contributed by atoms with Gasteiger partial charge in [0.05, 0.1) is 19.1 Å². The van der Waals surface area contributed by atoms with Crippen molar-refractivity contribution in [3.8, 4) is 0 Å². The van der Waals surface area contributed by atoms with E-state index < -0.39 is 30.9 Å². The predicted octanol–water partition coefficient (Wildman–Crippen LogP) is 0.462. The second-order valence-corrected chi connectivity index (χ2v) is 4.44. The number of alkyl halides is 2. The molecule has 0 radical (unpaired) electrons. The molecule has 1 heterocycles. The molecule has 0 aromatic rings. The fraction of sp³-hybridized carbons (Fsp3) is 0.818. The van der Waals surface area contributed by atoms with Gasteiger partial charge >= 0.3 is 12.0 Å². The van der Waals surface area contributed by atoms with Crippen molar-refractivity contribution in [1.82, 2.24) is 9.80 Å². The average Bonchev–Trinajstić information content (AvgIpc) is 2.37. The lowest BCUT2D eigenvalue weighted by atomic mass is 9.97. The number of amides is 2. The zero-order valence-corrected chi connectivity index (χ0v) is 10.5. The lowest BCUT2D eigenvalue weighted by molar-refractivity contribution is -0.143. The molecule has 1 saturated heterocycles. The van der Waals surface area contributed by atoms with Gasteiger partial charge in [0.1, 0.15) is 0 Å². The quantitative estimate of drug-likeness (QED) is 0.766. The van der Waals surface area contributed by atoms with E-state index in [1.165, 1.54) is 4.90 Å². The van der Waals surface area contributed by atoms with Gasteiger partial charge < -0.3 is 20.0 Å². The molecule has 1 aliphatic rings. The van der Waals surface area contributed by atoms with Gasteiger partial charge in [-0.2, -0.15) is 0 Å². The van der Waals surface area contributed by atoms with Crippen molar-refractivity contribution >= 4 is 12.0 Å². The van der Waals surface area contributed by atoms with Gasteiger partial charge in [0.2, 0.25) is 0 Å². The Hall–Kier alpha value is -1.44. The lowest BCUT2D eigenvalue weighted by Gasteiger charge is -2.34. The zero-order chi connectivity index (χ0) is 14.4. The van der Waals surface area contributed by atoms with E-state index in [1.54, 1.807) is 0 Å². The van der Waals surface area contributed by atoms with Crippen molar-refractivity contribution in [2.75, 3.05) is 32.8 Å². The highest BCUT2D eigenvalue weighted by molar-refractivity contribution is 5.75. The summed E-state index contributed by atoms with van der Waals surface area (Å²) in [5.41, 5.74) is 0. The molecule has 0 aromatic carbocycles. The Balaban J connectivity index is 2.53. The molecule has 0 aromatic heterocycles. The first-order valence-electron chi connectivity index (χ1n) is 6.11. The Morgan fingerprint density at radius 1 is 1.32 bits per heavy atom. The molecule has 1 rings (SSSR count). The highest BCUT2D eigenvalue weighted by Gasteiger charge is 2.30. The van der Waals surface area contributed by atoms with E-state index in [-0.39, 0.29) is 26.2 Å². The third-order valence-electron chi connectivity index (χ3n) is 3.11. The first kappa shape index (κ1) is 15.6. The number of urea groups is 1. The van der Waals surface area contributed by atoms with Crippen LogP contribution in [0, 0.1) is 5.92 Å². The standard InChI is InChI=1S/C11H18F2N2O4/c12-9(13)7-15(5-6-16)11(19)14-3-1-8(2-4-14)10(17)18/h8-9,16H,1-7H2,(H,17,18). The predicted molar refractivity (Wildman–Crippen MR) is 62.0 cm³/mol. The minimum atomic E-state index is -2.66. The maximum atomic E-state index is 12.3. The second-order valence-electron chi connectivity index (χ2n) is 4.44. The van der Waals surface area contributed by atoms with E-state index in [0.717, 1.165) is 4.90 Å². The fourth-order valence-electron chi connectivity index (χ4n) is 2.07. The SMILES string of the molecule is O=C(O)C1CCN(C(=O)N(CCO)CC(F)F)CC1. The van der Waals surface area contributed by atoms with E-state index >= 15 is 0 Å². The second kappa shape index (κ2) is 7.22. The number of likely N-dealkylation sites (tertiary alicyclic amines) is 1. The van der Waals surface area contributed by atoms with Crippen LogP contribution < -0.4 is 0 Å². The Morgan fingerprint density at radius 3 is 2.32 bits per heavy atom. The molecule has 1 aliphatic heterocycles. The number of carbonyl (C=O) groups is 2. The third-order valence-corrected chi connectivity index (χ3v) is 3.11. The normalized spacial score (nSPS) is 16.7. The maximum absolute atomic E-state index is 12.3. The van der Waals surface area contributed by atoms with Crippen LogP contribution in [0.2, 0.25) is 0 Å².